The van der Waals surface area contributed by atoms with Gasteiger partial charge in [-0.1, -0.05) is 18.2 Å². The van der Waals surface area contributed by atoms with Gasteiger partial charge in [0, 0.05) is 19.0 Å². The Labute approximate surface area is 94.8 Å². The quantitative estimate of drug-likeness (QED) is 0.831. The van der Waals surface area contributed by atoms with Crippen LogP contribution in [0.25, 0.3) is 0 Å². The highest BCUT2D eigenvalue weighted by Gasteiger charge is 2.18. The van der Waals surface area contributed by atoms with Crippen molar-refractivity contribution in [2.75, 3.05) is 14.2 Å². The van der Waals surface area contributed by atoms with Crippen molar-refractivity contribution < 1.29 is 9.53 Å². The van der Waals surface area contributed by atoms with Crippen molar-refractivity contribution in [1.82, 2.24) is 5.32 Å². The monoisotopic (exact) mass is 218 g/mol. The van der Waals surface area contributed by atoms with Crippen LogP contribution in [0.1, 0.15) is 17.9 Å². The van der Waals surface area contributed by atoms with Crippen LogP contribution in [0.15, 0.2) is 24.3 Å². The zero-order valence-corrected chi connectivity index (χ0v) is 9.36. The van der Waals surface area contributed by atoms with Gasteiger partial charge in [-0.2, -0.15) is 5.26 Å². The second-order valence-corrected chi connectivity index (χ2v) is 3.30. The molecule has 0 aromatic heterocycles. The van der Waals surface area contributed by atoms with E-state index in [9.17, 15) is 4.79 Å². The molecule has 1 rings (SSSR count). The lowest BCUT2D eigenvalue weighted by Gasteiger charge is -2.12. The SMILES string of the molecule is CNC(=O)CC(C#N)c1ccccc1OC. The molecule has 1 aromatic carbocycles. The summed E-state index contributed by atoms with van der Waals surface area (Å²) >= 11 is 0. The molecule has 4 nitrogen and oxygen atoms in total. The van der Waals surface area contributed by atoms with Crippen molar-refractivity contribution in [2.24, 2.45) is 0 Å². The molecule has 1 unspecified atom stereocenters. The third-order valence-corrected chi connectivity index (χ3v) is 2.34. The molecule has 0 bridgehead atoms. The summed E-state index contributed by atoms with van der Waals surface area (Å²) in [6.07, 6.45) is 0.146. The number of hydrogen-bond acceptors (Lipinski definition) is 3. The third kappa shape index (κ3) is 2.74. The topological polar surface area (TPSA) is 62.1 Å². The van der Waals surface area contributed by atoms with Crippen LogP contribution in [0.2, 0.25) is 0 Å². The van der Waals surface area contributed by atoms with Gasteiger partial charge in [0.15, 0.2) is 0 Å². The minimum absolute atomic E-state index is 0.146. The molecule has 0 spiro atoms. The molecule has 0 radical (unpaired) electrons. The Hall–Kier alpha value is -2.02. The summed E-state index contributed by atoms with van der Waals surface area (Å²) in [7, 11) is 3.10. The summed E-state index contributed by atoms with van der Waals surface area (Å²) in [5.74, 6) is 0.00603. The Kier molecular flexibility index (Phi) is 4.34. The average molecular weight is 218 g/mol. The van der Waals surface area contributed by atoms with E-state index in [0.29, 0.717) is 5.75 Å². The number of hydrogen-bond donors (Lipinski definition) is 1. The molecule has 0 saturated carbocycles. The summed E-state index contributed by atoms with van der Waals surface area (Å²) in [5, 5.41) is 11.6. The fraction of sp³-hybridized carbons (Fsp3) is 0.333. The lowest BCUT2D eigenvalue weighted by molar-refractivity contribution is -0.120. The predicted octanol–water partition coefficient (Wildman–Crippen LogP) is 1.44. The maximum absolute atomic E-state index is 11.3. The second-order valence-electron chi connectivity index (χ2n) is 3.30. The fourth-order valence-corrected chi connectivity index (χ4v) is 1.47. The molecule has 0 fully saturated rings. The van der Waals surface area contributed by atoms with Crippen molar-refractivity contribution in [3.8, 4) is 11.8 Å². The van der Waals surface area contributed by atoms with Crippen molar-refractivity contribution in [3.63, 3.8) is 0 Å². The van der Waals surface area contributed by atoms with E-state index in [-0.39, 0.29) is 12.3 Å². The first kappa shape index (κ1) is 12.1. The first-order chi connectivity index (χ1) is 7.72. The number of nitrogens with zero attached hydrogens (tertiary/aromatic N) is 1. The van der Waals surface area contributed by atoms with Gasteiger partial charge in [0.25, 0.3) is 0 Å². The number of carbonyl (C=O) groups excluding carboxylic acids is 1. The molecule has 1 aromatic rings. The van der Waals surface area contributed by atoms with Crippen molar-refractivity contribution in [1.29, 1.82) is 5.26 Å². The normalized spacial score (nSPS) is 11.3. The Morgan fingerprint density at radius 2 is 2.25 bits per heavy atom. The Morgan fingerprint density at radius 3 is 2.81 bits per heavy atom. The number of para-hydroxylation sites is 1. The van der Waals surface area contributed by atoms with Gasteiger partial charge in [-0.05, 0) is 6.07 Å². The highest BCUT2D eigenvalue weighted by atomic mass is 16.5. The molecule has 84 valence electrons. The van der Waals surface area contributed by atoms with Gasteiger partial charge in [-0.15, -0.1) is 0 Å². The number of nitrogens with one attached hydrogen (secondary N) is 1. The van der Waals surface area contributed by atoms with E-state index in [4.69, 9.17) is 10.00 Å². The van der Waals surface area contributed by atoms with Crippen LogP contribution < -0.4 is 10.1 Å². The molecule has 16 heavy (non-hydrogen) atoms. The number of methoxy groups -OCH3 is 1. The molecule has 1 atom stereocenters. The largest absolute Gasteiger partial charge is 0.496 e. The van der Waals surface area contributed by atoms with E-state index in [1.807, 2.05) is 12.1 Å². The van der Waals surface area contributed by atoms with Crippen LogP contribution in [0.5, 0.6) is 5.75 Å². The zero-order chi connectivity index (χ0) is 12.0. The van der Waals surface area contributed by atoms with Gasteiger partial charge < -0.3 is 10.1 Å². The highest BCUT2D eigenvalue weighted by Crippen LogP contribution is 2.28. The van der Waals surface area contributed by atoms with Gasteiger partial charge in [0.1, 0.15) is 5.75 Å². The number of nitriles is 1. The molecular weight excluding hydrogens is 204 g/mol. The standard InChI is InChI=1S/C12H14N2O2/c1-14-12(15)7-9(8-13)10-5-3-4-6-11(10)16-2/h3-6,9H,7H2,1-2H3,(H,14,15). The van der Waals surface area contributed by atoms with Crippen LogP contribution in [-0.2, 0) is 4.79 Å². The summed E-state index contributed by atoms with van der Waals surface area (Å²) in [6, 6.07) is 9.36. The van der Waals surface area contributed by atoms with Gasteiger partial charge in [0.05, 0.1) is 19.1 Å². The summed E-state index contributed by atoms with van der Waals surface area (Å²) in [5.41, 5.74) is 0.746. The van der Waals surface area contributed by atoms with E-state index < -0.39 is 5.92 Å². The van der Waals surface area contributed by atoms with E-state index in [0.717, 1.165) is 5.56 Å². The molecule has 1 amide bonds. The van der Waals surface area contributed by atoms with Gasteiger partial charge in [0.2, 0.25) is 5.91 Å². The smallest absolute Gasteiger partial charge is 0.221 e. The Balaban J connectivity index is 2.95. The van der Waals surface area contributed by atoms with E-state index >= 15 is 0 Å². The van der Waals surface area contributed by atoms with Gasteiger partial charge >= 0.3 is 0 Å². The summed E-state index contributed by atoms with van der Waals surface area (Å²) in [6.45, 7) is 0. The fourth-order valence-electron chi connectivity index (χ4n) is 1.47. The molecule has 0 saturated heterocycles. The molecular formula is C12H14N2O2. The number of rotatable bonds is 4. The lowest BCUT2D eigenvalue weighted by atomic mass is 9.96. The highest BCUT2D eigenvalue weighted by molar-refractivity contribution is 5.77. The van der Waals surface area contributed by atoms with E-state index in [2.05, 4.69) is 11.4 Å². The van der Waals surface area contributed by atoms with Gasteiger partial charge in [-0.3, -0.25) is 4.79 Å². The maximum atomic E-state index is 11.3. The molecule has 1 N–H and O–H groups in total. The van der Waals surface area contributed by atoms with Crippen molar-refractivity contribution in [3.05, 3.63) is 29.8 Å². The first-order valence-corrected chi connectivity index (χ1v) is 4.96. The predicted molar refractivity (Wildman–Crippen MR) is 60.0 cm³/mol. The maximum Gasteiger partial charge on any atom is 0.221 e. The summed E-state index contributed by atoms with van der Waals surface area (Å²) < 4.78 is 5.16. The molecule has 0 aliphatic heterocycles. The third-order valence-electron chi connectivity index (χ3n) is 2.34. The van der Waals surface area contributed by atoms with E-state index in [1.165, 1.54) is 0 Å². The second kappa shape index (κ2) is 5.76. The minimum Gasteiger partial charge on any atom is -0.496 e. The number of amides is 1. The van der Waals surface area contributed by atoms with Crippen LogP contribution in [-0.4, -0.2) is 20.1 Å². The number of carbonyl (C=O) groups is 1. The number of benzene rings is 1. The van der Waals surface area contributed by atoms with Crippen molar-refractivity contribution in [2.45, 2.75) is 12.3 Å². The lowest BCUT2D eigenvalue weighted by Crippen LogP contribution is -2.20. The zero-order valence-electron chi connectivity index (χ0n) is 9.36. The minimum atomic E-state index is -0.476. The van der Waals surface area contributed by atoms with Crippen molar-refractivity contribution >= 4 is 5.91 Å². The van der Waals surface area contributed by atoms with E-state index in [1.54, 1.807) is 26.3 Å². The Bertz CT molecular complexity index is 410. The van der Waals surface area contributed by atoms with Crippen LogP contribution in [0.4, 0.5) is 0 Å². The van der Waals surface area contributed by atoms with Crippen LogP contribution in [0, 0.1) is 11.3 Å². The molecule has 0 aliphatic carbocycles. The molecule has 4 heteroatoms. The summed E-state index contributed by atoms with van der Waals surface area (Å²) in [4.78, 5) is 11.3. The molecule has 0 heterocycles. The van der Waals surface area contributed by atoms with Gasteiger partial charge in [-0.25, -0.2) is 0 Å². The van der Waals surface area contributed by atoms with Crippen LogP contribution >= 0.6 is 0 Å². The average Bonchev–Trinajstić information content (AvgIpc) is 2.35. The number of ether oxygens (including phenoxy) is 1. The first-order valence-electron chi connectivity index (χ1n) is 4.96. The molecule has 0 aliphatic rings. The van der Waals surface area contributed by atoms with Crippen LogP contribution in [0.3, 0.4) is 0 Å². The Morgan fingerprint density at radius 1 is 1.56 bits per heavy atom.